The van der Waals surface area contributed by atoms with Gasteiger partial charge in [-0.15, -0.1) is 0 Å². The van der Waals surface area contributed by atoms with Gasteiger partial charge in [-0.25, -0.2) is 0 Å². The third-order valence-electron chi connectivity index (χ3n) is 4.56. The van der Waals surface area contributed by atoms with Crippen molar-refractivity contribution in [1.82, 2.24) is 15.1 Å². The molecule has 0 saturated carbocycles. The number of carbonyl (C=O) groups is 1. The molecule has 4 heteroatoms. The number of rotatable bonds is 6. The lowest BCUT2D eigenvalue weighted by atomic mass is 10.0. The smallest absolute Gasteiger partial charge is 0.225 e. The summed E-state index contributed by atoms with van der Waals surface area (Å²) < 4.78 is 0. The number of nitrogens with one attached hydrogen (secondary N) is 1. The number of hydrogen-bond acceptors (Lipinski definition) is 3. The van der Waals surface area contributed by atoms with Crippen LogP contribution < -0.4 is 5.32 Å². The van der Waals surface area contributed by atoms with E-state index in [0.717, 1.165) is 39.0 Å². The molecule has 2 saturated heterocycles. The summed E-state index contributed by atoms with van der Waals surface area (Å²) in [7, 11) is 0. The van der Waals surface area contributed by atoms with Crippen molar-refractivity contribution in [2.45, 2.75) is 52.0 Å². The molecule has 116 valence electrons. The average Bonchev–Trinajstić information content (AvgIpc) is 2.97. The summed E-state index contributed by atoms with van der Waals surface area (Å²) in [5.41, 5.74) is 0. The molecule has 0 aliphatic carbocycles. The predicted octanol–water partition coefficient (Wildman–Crippen LogP) is 1.71. The number of carbonyl (C=O) groups excluding carboxylic acids is 1. The van der Waals surface area contributed by atoms with Crippen molar-refractivity contribution in [1.29, 1.82) is 0 Å². The van der Waals surface area contributed by atoms with Crippen LogP contribution in [-0.4, -0.2) is 61.0 Å². The van der Waals surface area contributed by atoms with Crippen LogP contribution in [0.3, 0.4) is 0 Å². The van der Waals surface area contributed by atoms with Gasteiger partial charge in [0.05, 0.1) is 0 Å². The zero-order valence-corrected chi connectivity index (χ0v) is 13.2. The van der Waals surface area contributed by atoms with Gasteiger partial charge in [0.15, 0.2) is 0 Å². The Morgan fingerprint density at radius 1 is 1.30 bits per heavy atom. The molecule has 2 aliphatic heterocycles. The first-order valence-corrected chi connectivity index (χ1v) is 8.42. The lowest BCUT2D eigenvalue weighted by Crippen LogP contribution is -2.50. The summed E-state index contributed by atoms with van der Waals surface area (Å²) in [5.74, 6) is 0.448. The molecule has 1 N–H and O–H groups in total. The second kappa shape index (κ2) is 7.99. The molecule has 0 aromatic carbocycles. The lowest BCUT2D eigenvalue weighted by molar-refractivity contribution is -0.137. The van der Waals surface area contributed by atoms with Crippen LogP contribution in [0, 0.1) is 5.92 Å². The van der Waals surface area contributed by atoms with Crippen molar-refractivity contribution >= 4 is 5.91 Å². The van der Waals surface area contributed by atoms with E-state index in [1.165, 1.54) is 32.4 Å². The molecular weight excluding hydrogens is 250 g/mol. The van der Waals surface area contributed by atoms with Gasteiger partial charge in [0.2, 0.25) is 5.91 Å². The minimum atomic E-state index is 0.115. The molecule has 0 radical (unpaired) electrons. The fourth-order valence-corrected chi connectivity index (χ4v) is 3.37. The monoisotopic (exact) mass is 281 g/mol. The molecule has 0 aromatic rings. The van der Waals surface area contributed by atoms with Crippen molar-refractivity contribution in [3.8, 4) is 0 Å². The van der Waals surface area contributed by atoms with Crippen molar-refractivity contribution < 1.29 is 4.79 Å². The van der Waals surface area contributed by atoms with Crippen molar-refractivity contribution in [2.24, 2.45) is 5.92 Å². The van der Waals surface area contributed by atoms with Crippen LogP contribution in [0.2, 0.25) is 0 Å². The van der Waals surface area contributed by atoms with Gasteiger partial charge in [-0.2, -0.15) is 0 Å². The first-order chi connectivity index (χ1) is 9.68. The van der Waals surface area contributed by atoms with Crippen LogP contribution in [0.15, 0.2) is 0 Å². The molecule has 1 atom stereocenters. The van der Waals surface area contributed by atoms with Crippen LogP contribution in [0.4, 0.5) is 0 Å². The zero-order chi connectivity index (χ0) is 14.4. The molecular formula is C16H31N3O. The van der Waals surface area contributed by atoms with E-state index in [1.54, 1.807) is 0 Å². The summed E-state index contributed by atoms with van der Waals surface area (Å²) in [4.78, 5) is 17.2. The van der Waals surface area contributed by atoms with Crippen LogP contribution in [0.1, 0.15) is 46.0 Å². The van der Waals surface area contributed by atoms with Crippen LogP contribution >= 0.6 is 0 Å². The summed E-state index contributed by atoms with van der Waals surface area (Å²) in [6.07, 6.45) is 6.17. The van der Waals surface area contributed by atoms with Crippen LogP contribution in [0.25, 0.3) is 0 Å². The Bertz CT molecular complexity index is 294. The van der Waals surface area contributed by atoms with Gasteiger partial charge in [0.1, 0.15) is 0 Å². The highest BCUT2D eigenvalue weighted by Crippen LogP contribution is 2.15. The molecule has 1 amide bonds. The van der Waals surface area contributed by atoms with Gasteiger partial charge in [-0.05, 0) is 58.3 Å². The molecule has 2 fully saturated rings. The first-order valence-electron chi connectivity index (χ1n) is 8.42. The fourth-order valence-electron chi connectivity index (χ4n) is 3.37. The normalized spacial score (nSPS) is 24.2. The Kier molecular flexibility index (Phi) is 6.30. The quantitative estimate of drug-likeness (QED) is 0.805. The third kappa shape index (κ3) is 4.45. The topological polar surface area (TPSA) is 35.6 Å². The molecule has 2 rings (SSSR count). The maximum absolute atomic E-state index is 12.5. The minimum absolute atomic E-state index is 0.115. The molecule has 0 spiro atoms. The highest BCUT2D eigenvalue weighted by Gasteiger charge is 2.26. The van der Waals surface area contributed by atoms with E-state index in [2.05, 4.69) is 15.1 Å². The van der Waals surface area contributed by atoms with Crippen molar-refractivity contribution in [3.05, 3.63) is 0 Å². The second-order valence-corrected chi connectivity index (χ2v) is 6.59. The van der Waals surface area contributed by atoms with Gasteiger partial charge < -0.3 is 15.1 Å². The fraction of sp³-hybridized carbons (Fsp3) is 0.938. The van der Waals surface area contributed by atoms with Crippen molar-refractivity contribution in [2.75, 3.05) is 39.3 Å². The Labute approximate surface area is 123 Å². The Morgan fingerprint density at radius 3 is 2.65 bits per heavy atom. The summed E-state index contributed by atoms with van der Waals surface area (Å²) in [6.45, 7) is 10.7. The third-order valence-corrected chi connectivity index (χ3v) is 4.56. The molecule has 4 nitrogen and oxygen atoms in total. The maximum Gasteiger partial charge on any atom is 0.225 e. The van der Waals surface area contributed by atoms with E-state index in [9.17, 15) is 4.79 Å². The molecule has 0 aromatic heterocycles. The highest BCUT2D eigenvalue weighted by atomic mass is 16.2. The summed E-state index contributed by atoms with van der Waals surface area (Å²) in [5, 5.41) is 3.44. The number of amides is 1. The van der Waals surface area contributed by atoms with E-state index in [0.29, 0.717) is 11.9 Å². The van der Waals surface area contributed by atoms with E-state index in [-0.39, 0.29) is 5.92 Å². The average molecular weight is 281 g/mol. The lowest BCUT2D eigenvalue weighted by Gasteiger charge is -2.36. The molecule has 1 unspecified atom stereocenters. The predicted molar refractivity (Wildman–Crippen MR) is 82.7 cm³/mol. The number of nitrogens with zero attached hydrogens (tertiary/aromatic N) is 2. The van der Waals surface area contributed by atoms with Crippen LogP contribution in [-0.2, 0) is 4.79 Å². The van der Waals surface area contributed by atoms with E-state index in [1.807, 2.05) is 13.8 Å². The minimum Gasteiger partial charge on any atom is -0.338 e. The maximum atomic E-state index is 12.5. The van der Waals surface area contributed by atoms with Gasteiger partial charge in [0, 0.05) is 25.0 Å². The Balaban J connectivity index is 1.82. The highest BCUT2D eigenvalue weighted by molar-refractivity contribution is 5.78. The standard InChI is InChI=1S/C16H31N3O/c1-14(2)16(20)19(15-7-5-8-17-13-15)12-6-11-18-9-3-4-10-18/h14-15,17H,3-13H2,1-2H3. The SMILES string of the molecule is CC(C)C(=O)N(CCCN1CCCC1)C1CCCNC1. The van der Waals surface area contributed by atoms with Crippen molar-refractivity contribution in [3.63, 3.8) is 0 Å². The van der Waals surface area contributed by atoms with Gasteiger partial charge >= 0.3 is 0 Å². The molecule has 2 aliphatic rings. The molecule has 2 heterocycles. The summed E-state index contributed by atoms with van der Waals surface area (Å²) in [6, 6.07) is 0.414. The van der Waals surface area contributed by atoms with E-state index < -0.39 is 0 Å². The summed E-state index contributed by atoms with van der Waals surface area (Å²) >= 11 is 0. The number of piperidine rings is 1. The van der Waals surface area contributed by atoms with Crippen LogP contribution in [0.5, 0.6) is 0 Å². The first kappa shape index (κ1) is 15.8. The molecule has 0 bridgehead atoms. The number of hydrogen-bond donors (Lipinski definition) is 1. The second-order valence-electron chi connectivity index (χ2n) is 6.59. The van der Waals surface area contributed by atoms with Gasteiger partial charge in [-0.1, -0.05) is 13.8 Å². The van der Waals surface area contributed by atoms with E-state index in [4.69, 9.17) is 0 Å². The Hall–Kier alpha value is -0.610. The van der Waals surface area contributed by atoms with Gasteiger partial charge in [-0.3, -0.25) is 4.79 Å². The van der Waals surface area contributed by atoms with E-state index >= 15 is 0 Å². The Morgan fingerprint density at radius 2 is 2.05 bits per heavy atom. The zero-order valence-electron chi connectivity index (χ0n) is 13.2. The largest absolute Gasteiger partial charge is 0.338 e. The van der Waals surface area contributed by atoms with Gasteiger partial charge in [0.25, 0.3) is 0 Å². The molecule has 20 heavy (non-hydrogen) atoms. The number of likely N-dealkylation sites (tertiary alicyclic amines) is 1.